The molecule has 1 heterocycles. The normalized spacial score (nSPS) is 16.3. The number of amides is 3. The van der Waals surface area contributed by atoms with Gasteiger partial charge in [-0.25, -0.2) is 9.78 Å². The quantitative estimate of drug-likeness (QED) is 0.141. The molecule has 190 valence electrons. The molecule has 0 aliphatic carbocycles. The number of rotatable bonds is 14. The first-order valence-corrected chi connectivity index (χ1v) is 10.6. The molecule has 14 nitrogen and oxygen atoms in total. The molecule has 1 rings (SSSR count). The van der Waals surface area contributed by atoms with Crippen LogP contribution < -0.4 is 21.7 Å². The van der Waals surface area contributed by atoms with Gasteiger partial charge < -0.3 is 42.0 Å². The van der Waals surface area contributed by atoms with Crippen LogP contribution in [0, 0.1) is 5.92 Å². The number of H-pyrrole nitrogens is 1. The van der Waals surface area contributed by atoms with Crippen LogP contribution in [0.4, 0.5) is 0 Å². The Bertz CT molecular complexity index is 859. The number of hydrogen-bond donors (Lipinski definition) is 8. The third-order valence-electron chi connectivity index (χ3n) is 5.18. The van der Waals surface area contributed by atoms with Gasteiger partial charge in [0.25, 0.3) is 0 Å². The molecule has 6 unspecified atom stereocenters. The van der Waals surface area contributed by atoms with E-state index in [4.69, 9.17) is 10.8 Å². The number of hydrogen-bond acceptors (Lipinski definition) is 8. The van der Waals surface area contributed by atoms with Crippen molar-refractivity contribution in [1.29, 1.82) is 0 Å². The number of imidazole rings is 1. The number of aromatic nitrogens is 2. The standard InChI is InChI=1S/C20H32N6O8/c1-4-9(2)15(19(32)26-16(10(3)27)20(33)34)25-18(31)13(5-11-7-22-8-23-11)24-17(30)12(21)6-14(28)29/h7-10,12-13,15-16,27H,4-6,21H2,1-3H3,(H,22,23)(H,24,30)(H,25,31)(H,26,32)(H,28,29)(H,33,34). The highest BCUT2D eigenvalue weighted by Crippen LogP contribution is 2.10. The van der Waals surface area contributed by atoms with Gasteiger partial charge in [-0.3, -0.25) is 19.2 Å². The maximum Gasteiger partial charge on any atom is 0.328 e. The van der Waals surface area contributed by atoms with Crippen LogP contribution in [0.15, 0.2) is 12.5 Å². The summed E-state index contributed by atoms with van der Waals surface area (Å²) in [4.78, 5) is 67.0. The number of aliphatic hydroxyl groups excluding tert-OH is 1. The summed E-state index contributed by atoms with van der Waals surface area (Å²) in [6.07, 6.45) is 1.10. The number of nitrogens with two attached hydrogens (primary N) is 1. The Morgan fingerprint density at radius 3 is 2.12 bits per heavy atom. The number of nitrogens with one attached hydrogen (secondary N) is 4. The number of carboxylic acids is 2. The lowest BCUT2D eigenvalue weighted by atomic mass is 9.97. The number of aromatic amines is 1. The zero-order valence-electron chi connectivity index (χ0n) is 19.1. The van der Waals surface area contributed by atoms with E-state index < -0.39 is 72.3 Å². The molecular weight excluding hydrogens is 452 g/mol. The van der Waals surface area contributed by atoms with E-state index in [1.165, 1.54) is 19.4 Å². The van der Waals surface area contributed by atoms with E-state index in [-0.39, 0.29) is 6.42 Å². The van der Waals surface area contributed by atoms with Crippen LogP contribution in [0.1, 0.15) is 39.3 Å². The number of carboxylic acid groups (broad SMARTS) is 2. The second-order valence-corrected chi connectivity index (χ2v) is 7.98. The van der Waals surface area contributed by atoms with Crippen molar-refractivity contribution in [3.8, 4) is 0 Å². The number of carbonyl (C=O) groups excluding carboxylic acids is 3. The molecule has 9 N–H and O–H groups in total. The highest BCUT2D eigenvalue weighted by Gasteiger charge is 2.34. The third kappa shape index (κ3) is 8.78. The second-order valence-electron chi connectivity index (χ2n) is 7.98. The zero-order valence-corrected chi connectivity index (χ0v) is 19.1. The lowest BCUT2D eigenvalue weighted by molar-refractivity contribution is -0.145. The van der Waals surface area contributed by atoms with Crippen molar-refractivity contribution in [3.63, 3.8) is 0 Å². The van der Waals surface area contributed by atoms with E-state index in [0.29, 0.717) is 12.1 Å². The third-order valence-corrected chi connectivity index (χ3v) is 5.18. The maximum atomic E-state index is 13.1. The van der Waals surface area contributed by atoms with Crippen molar-refractivity contribution in [2.45, 2.75) is 70.3 Å². The Balaban J connectivity index is 3.09. The van der Waals surface area contributed by atoms with Gasteiger partial charge in [-0.1, -0.05) is 20.3 Å². The van der Waals surface area contributed by atoms with Crippen molar-refractivity contribution in [2.24, 2.45) is 11.7 Å². The summed E-state index contributed by atoms with van der Waals surface area (Å²) in [7, 11) is 0. The minimum Gasteiger partial charge on any atom is -0.481 e. The first-order valence-electron chi connectivity index (χ1n) is 10.6. The molecule has 1 aromatic rings. The van der Waals surface area contributed by atoms with E-state index >= 15 is 0 Å². The van der Waals surface area contributed by atoms with Crippen LogP contribution in [0.5, 0.6) is 0 Å². The summed E-state index contributed by atoms with van der Waals surface area (Å²) in [6, 6.07) is -5.44. The molecule has 0 aliphatic heterocycles. The molecule has 14 heteroatoms. The Morgan fingerprint density at radius 2 is 1.65 bits per heavy atom. The van der Waals surface area contributed by atoms with Gasteiger partial charge in [0.05, 0.1) is 24.9 Å². The predicted molar refractivity (Wildman–Crippen MR) is 117 cm³/mol. The average Bonchev–Trinajstić information content (AvgIpc) is 3.26. The SMILES string of the molecule is CCC(C)C(NC(=O)C(Cc1cnc[nH]1)NC(=O)C(N)CC(=O)O)C(=O)NC(C(=O)O)C(C)O. The smallest absolute Gasteiger partial charge is 0.328 e. The first-order chi connectivity index (χ1) is 15.9. The highest BCUT2D eigenvalue weighted by molar-refractivity contribution is 5.95. The van der Waals surface area contributed by atoms with E-state index in [1.807, 2.05) is 0 Å². The Labute approximate surface area is 195 Å². The summed E-state index contributed by atoms with van der Waals surface area (Å²) in [6.45, 7) is 4.62. The topological polar surface area (TPSA) is 237 Å². The maximum absolute atomic E-state index is 13.1. The van der Waals surface area contributed by atoms with Gasteiger partial charge in [-0.05, 0) is 12.8 Å². The molecule has 0 aliphatic rings. The van der Waals surface area contributed by atoms with Crippen LogP contribution in [0.25, 0.3) is 0 Å². The fourth-order valence-corrected chi connectivity index (χ4v) is 2.97. The fourth-order valence-electron chi connectivity index (χ4n) is 2.97. The fraction of sp³-hybridized carbons (Fsp3) is 0.600. The minimum atomic E-state index is -1.59. The van der Waals surface area contributed by atoms with E-state index in [9.17, 15) is 34.2 Å². The summed E-state index contributed by atoms with van der Waals surface area (Å²) in [5.41, 5.74) is 6.05. The number of aliphatic carboxylic acids is 2. The van der Waals surface area contributed by atoms with Crippen LogP contribution in [0.3, 0.4) is 0 Å². The zero-order chi connectivity index (χ0) is 26.0. The molecule has 6 atom stereocenters. The molecule has 0 fully saturated rings. The summed E-state index contributed by atoms with van der Waals surface area (Å²) >= 11 is 0. The first kappa shape index (κ1) is 28.5. The largest absolute Gasteiger partial charge is 0.481 e. The molecule has 0 aromatic carbocycles. The lowest BCUT2D eigenvalue weighted by Gasteiger charge is -2.28. The molecule has 0 saturated heterocycles. The highest BCUT2D eigenvalue weighted by atomic mass is 16.4. The summed E-state index contributed by atoms with van der Waals surface area (Å²) in [5, 5.41) is 34.8. The molecule has 3 amide bonds. The van der Waals surface area contributed by atoms with Crippen LogP contribution >= 0.6 is 0 Å². The van der Waals surface area contributed by atoms with Gasteiger partial charge in [0.15, 0.2) is 6.04 Å². The Kier molecular flexibility index (Phi) is 11.1. The minimum absolute atomic E-state index is 0.0718. The number of aliphatic hydroxyl groups is 1. The van der Waals surface area contributed by atoms with Crippen LogP contribution in [-0.2, 0) is 30.4 Å². The van der Waals surface area contributed by atoms with E-state index in [2.05, 4.69) is 25.9 Å². The van der Waals surface area contributed by atoms with E-state index in [0.717, 1.165) is 0 Å². The summed E-state index contributed by atoms with van der Waals surface area (Å²) < 4.78 is 0. The second kappa shape index (κ2) is 13.3. The number of nitrogens with zero attached hydrogens (tertiary/aromatic N) is 1. The molecule has 0 bridgehead atoms. The molecule has 0 radical (unpaired) electrons. The molecule has 0 saturated carbocycles. The van der Waals surface area contributed by atoms with Crippen molar-refractivity contribution >= 4 is 29.7 Å². The van der Waals surface area contributed by atoms with Gasteiger partial charge in [0.1, 0.15) is 12.1 Å². The molecular formula is C20H32N6O8. The van der Waals surface area contributed by atoms with Gasteiger partial charge in [-0.2, -0.15) is 0 Å². The predicted octanol–water partition coefficient (Wildman–Crippen LogP) is -2.28. The van der Waals surface area contributed by atoms with Crippen molar-refractivity contribution in [1.82, 2.24) is 25.9 Å². The van der Waals surface area contributed by atoms with Gasteiger partial charge >= 0.3 is 11.9 Å². The molecule has 1 aromatic heterocycles. The molecule has 0 spiro atoms. The van der Waals surface area contributed by atoms with Crippen LogP contribution in [-0.4, -0.2) is 85.2 Å². The lowest BCUT2D eigenvalue weighted by Crippen LogP contribution is -2.60. The number of carbonyl (C=O) groups is 5. The van der Waals surface area contributed by atoms with Crippen LogP contribution in [0.2, 0.25) is 0 Å². The average molecular weight is 485 g/mol. The van der Waals surface area contributed by atoms with Gasteiger partial charge in [0, 0.05) is 18.3 Å². The van der Waals surface area contributed by atoms with Crippen molar-refractivity contribution < 1.29 is 39.3 Å². The Hall–Kier alpha value is -3.52. The monoisotopic (exact) mass is 484 g/mol. The summed E-state index contributed by atoms with van der Waals surface area (Å²) in [5.74, 6) is -5.68. The van der Waals surface area contributed by atoms with Crippen molar-refractivity contribution in [2.75, 3.05) is 0 Å². The Morgan fingerprint density at radius 1 is 1.03 bits per heavy atom. The van der Waals surface area contributed by atoms with Gasteiger partial charge in [-0.15, -0.1) is 0 Å². The van der Waals surface area contributed by atoms with Gasteiger partial charge in [0.2, 0.25) is 17.7 Å². The van der Waals surface area contributed by atoms with Crippen molar-refractivity contribution in [3.05, 3.63) is 18.2 Å². The molecule has 34 heavy (non-hydrogen) atoms. The van der Waals surface area contributed by atoms with E-state index in [1.54, 1.807) is 13.8 Å².